The lowest BCUT2D eigenvalue weighted by molar-refractivity contribution is -0.117. The molecule has 22 heavy (non-hydrogen) atoms. The van der Waals surface area contributed by atoms with Crippen LogP contribution in [0.2, 0.25) is 0 Å². The van der Waals surface area contributed by atoms with Crippen molar-refractivity contribution in [1.82, 2.24) is 9.55 Å². The fourth-order valence-corrected chi connectivity index (χ4v) is 2.91. The van der Waals surface area contributed by atoms with Crippen LogP contribution in [0.4, 0.5) is 4.39 Å². The highest BCUT2D eigenvalue weighted by Crippen LogP contribution is 2.29. The van der Waals surface area contributed by atoms with E-state index in [1.807, 2.05) is 0 Å². The van der Waals surface area contributed by atoms with Crippen molar-refractivity contribution in [2.24, 2.45) is 11.7 Å². The Kier molecular flexibility index (Phi) is 5.24. The second-order valence-electron chi connectivity index (χ2n) is 5.60. The predicted octanol–water partition coefficient (Wildman–Crippen LogP) is 3.31. The maximum atomic E-state index is 13.1. The number of imidazole rings is 1. The molecule has 0 aliphatic heterocycles. The average molecular weight is 321 g/mol. The van der Waals surface area contributed by atoms with Crippen LogP contribution in [-0.4, -0.2) is 20.7 Å². The third kappa shape index (κ3) is 3.88. The summed E-state index contributed by atoms with van der Waals surface area (Å²) in [6.07, 6.45) is 1.76. The number of primary amides is 1. The van der Waals surface area contributed by atoms with E-state index in [-0.39, 0.29) is 17.0 Å². The summed E-state index contributed by atoms with van der Waals surface area (Å²) in [5, 5.41) is 0.397. The Balaban J connectivity index is 2.39. The highest BCUT2D eigenvalue weighted by Gasteiger charge is 2.18. The minimum atomic E-state index is -0.368. The summed E-state index contributed by atoms with van der Waals surface area (Å²) < 4.78 is 15.2. The number of carbonyl (C=O) groups is 1. The summed E-state index contributed by atoms with van der Waals surface area (Å²) in [5.74, 6) is -0.223. The van der Waals surface area contributed by atoms with E-state index in [9.17, 15) is 9.18 Å². The molecule has 0 saturated carbocycles. The molecular weight excluding hydrogens is 301 g/mol. The number of hydrogen-bond donors (Lipinski definition) is 1. The van der Waals surface area contributed by atoms with Gasteiger partial charge in [0.25, 0.3) is 0 Å². The number of thioether (sulfide) groups is 1. The molecule has 6 heteroatoms. The summed E-state index contributed by atoms with van der Waals surface area (Å²) in [6, 6.07) is 6.33. The van der Waals surface area contributed by atoms with E-state index < -0.39 is 0 Å². The first-order valence-electron chi connectivity index (χ1n) is 7.16. The monoisotopic (exact) mass is 321 g/mol. The number of amides is 1. The fourth-order valence-electron chi connectivity index (χ4n) is 2.06. The van der Waals surface area contributed by atoms with Crippen LogP contribution in [0.3, 0.4) is 0 Å². The molecule has 1 aromatic heterocycles. The van der Waals surface area contributed by atoms with Gasteiger partial charge in [-0.05, 0) is 42.7 Å². The molecule has 0 spiro atoms. The molecule has 0 saturated heterocycles. The lowest BCUT2D eigenvalue weighted by Crippen LogP contribution is -2.23. The number of carbonyl (C=O) groups excluding carboxylic acids is 1. The van der Waals surface area contributed by atoms with Gasteiger partial charge in [0.2, 0.25) is 5.91 Å². The van der Waals surface area contributed by atoms with Gasteiger partial charge in [-0.15, -0.1) is 0 Å². The van der Waals surface area contributed by atoms with Crippen LogP contribution >= 0.6 is 11.8 Å². The summed E-state index contributed by atoms with van der Waals surface area (Å²) in [5.41, 5.74) is 7.14. The zero-order valence-corrected chi connectivity index (χ0v) is 13.7. The number of rotatable bonds is 6. The molecule has 2 aromatic rings. The standard InChI is InChI=1S/C16H20FN3OS/c1-10(2)9-20-14(12-4-6-13(17)7-5-12)8-19-16(20)22-11(3)15(18)21/h4-8,10-11H,9H2,1-3H3,(H2,18,21). The number of benzene rings is 1. The molecule has 0 radical (unpaired) electrons. The van der Waals surface area contributed by atoms with Gasteiger partial charge in [0.05, 0.1) is 17.1 Å². The Labute approximate surface area is 133 Å². The van der Waals surface area contributed by atoms with Crippen molar-refractivity contribution < 1.29 is 9.18 Å². The molecule has 1 heterocycles. The lowest BCUT2D eigenvalue weighted by Gasteiger charge is -2.15. The van der Waals surface area contributed by atoms with Crippen LogP contribution in [0, 0.1) is 11.7 Å². The zero-order chi connectivity index (χ0) is 16.3. The molecule has 2 rings (SSSR count). The van der Waals surface area contributed by atoms with E-state index in [0.717, 1.165) is 23.0 Å². The third-order valence-corrected chi connectivity index (χ3v) is 4.31. The molecule has 0 aliphatic carbocycles. The van der Waals surface area contributed by atoms with E-state index in [2.05, 4.69) is 23.4 Å². The second kappa shape index (κ2) is 6.96. The van der Waals surface area contributed by atoms with Gasteiger partial charge >= 0.3 is 0 Å². The van der Waals surface area contributed by atoms with Gasteiger partial charge in [0.1, 0.15) is 5.82 Å². The summed E-state index contributed by atoms with van der Waals surface area (Å²) in [4.78, 5) is 15.7. The van der Waals surface area contributed by atoms with E-state index in [0.29, 0.717) is 5.92 Å². The smallest absolute Gasteiger partial charge is 0.230 e. The molecule has 0 aliphatic rings. The van der Waals surface area contributed by atoms with Crippen LogP contribution in [-0.2, 0) is 11.3 Å². The number of aromatic nitrogens is 2. The van der Waals surface area contributed by atoms with Gasteiger partial charge in [-0.3, -0.25) is 4.79 Å². The Morgan fingerprint density at radius 3 is 2.50 bits per heavy atom. The highest BCUT2D eigenvalue weighted by molar-refractivity contribution is 8.00. The SMILES string of the molecule is CC(C)Cn1c(-c2ccc(F)cc2)cnc1SC(C)C(N)=O. The maximum Gasteiger partial charge on any atom is 0.230 e. The largest absolute Gasteiger partial charge is 0.369 e. The average Bonchev–Trinajstić information content (AvgIpc) is 2.82. The Bertz CT molecular complexity index is 652. The van der Waals surface area contributed by atoms with Crippen LogP contribution in [0.25, 0.3) is 11.3 Å². The molecule has 2 N–H and O–H groups in total. The van der Waals surface area contributed by atoms with Crippen molar-refractivity contribution in [1.29, 1.82) is 0 Å². The van der Waals surface area contributed by atoms with Crippen LogP contribution in [0.15, 0.2) is 35.6 Å². The first-order valence-corrected chi connectivity index (χ1v) is 8.04. The second-order valence-corrected chi connectivity index (χ2v) is 6.91. The van der Waals surface area contributed by atoms with Gasteiger partial charge in [0.15, 0.2) is 5.16 Å². The number of nitrogens with zero attached hydrogens (tertiary/aromatic N) is 2. The molecule has 1 amide bonds. The van der Waals surface area contributed by atoms with Crippen LogP contribution in [0.5, 0.6) is 0 Å². The zero-order valence-electron chi connectivity index (χ0n) is 12.9. The minimum Gasteiger partial charge on any atom is -0.369 e. The quantitative estimate of drug-likeness (QED) is 0.830. The molecule has 0 fully saturated rings. The minimum absolute atomic E-state index is 0.268. The number of halogens is 1. The van der Waals surface area contributed by atoms with Gasteiger partial charge in [-0.25, -0.2) is 9.37 Å². The lowest BCUT2D eigenvalue weighted by atomic mass is 10.1. The molecular formula is C16H20FN3OS. The predicted molar refractivity (Wildman–Crippen MR) is 87.0 cm³/mol. The van der Waals surface area contributed by atoms with E-state index in [1.54, 1.807) is 25.3 Å². The van der Waals surface area contributed by atoms with Crippen molar-refractivity contribution in [3.63, 3.8) is 0 Å². The topological polar surface area (TPSA) is 60.9 Å². The van der Waals surface area contributed by atoms with Crippen LogP contribution in [0.1, 0.15) is 20.8 Å². The van der Waals surface area contributed by atoms with Crippen molar-refractivity contribution in [2.75, 3.05) is 0 Å². The fraction of sp³-hybridized carbons (Fsp3) is 0.375. The molecule has 4 nitrogen and oxygen atoms in total. The first-order chi connectivity index (χ1) is 10.4. The van der Waals surface area contributed by atoms with E-state index in [1.165, 1.54) is 23.9 Å². The number of nitrogens with two attached hydrogens (primary N) is 1. The van der Waals surface area contributed by atoms with Gasteiger partial charge < -0.3 is 10.3 Å². The Morgan fingerprint density at radius 1 is 1.32 bits per heavy atom. The molecule has 1 atom stereocenters. The Morgan fingerprint density at radius 2 is 1.95 bits per heavy atom. The van der Waals surface area contributed by atoms with Crippen molar-refractivity contribution in [3.05, 3.63) is 36.3 Å². The molecule has 1 unspecified atom stereocenters. The summed E-state index contributed by atoms with van der Waals surface area (Å²) in [7, 11) is 0. The highest BCUT2D eigenvalue weighted by atomic mass is 32.2. The van der Waals surface area contributed by atoms with E-state index in [4.69, 9.17) is 5.73 Å². The van der Waals surface area contributed by atoms with Gasteiger partial charge in [0, 0.05) is 6.54 Å². The van der Waals surface area contributed by atoms with Crippen molar-refractivity contribution in [2.45, 2.75) is 37.7 Å². The summed E-state index contributed by atoms with van der Waals surface area (Å²) in [6.45, 7) is 6.75. The molecule has 1 aromatic carbocycles. The summed E-state index contributed by atoms with van der Waals surface area (Å²) >= 11 is 1.34. The van der Waals surface area contributed by atoms with Crippen molar-refractivity contribution >= 4 is 17.7 Å². The van der Waals surface area contributed by atoms with Crippen LogP contribution < -0.4 is 5.73 Å². The van der Waals surface area contributed by atoms with Gasteiger partial charge in [-0.2, -0.15) is 0 Å². The first kappa shape index (κ1) is 16.5. The molecule has 118 valence electrons. The Hall–Kier alpha value is -1.82. The molecule has 0 bridgehead atoms. The number of hydrogen-bond acceptors (Lipinski definition) is 3. The van der Waals surface area contributed by atoms with E-state index >= 15 is 0 Å². The normalized spacial score (nSPS) is 12.6. The maximum absolute atomic E-state index is 13.1. The third-order valence-electron chi connectivity index (χ3n) is 3.19. The van der Waals surface area contributed by atoms with Crippen molar-refractivity contribution in [3.8, 4) is 11.3 Å². The van der Waals surface area contributed by atoms with Gasteiger partial charge in [-0.1, -0.05) is 25.6 Å².